The first kappa shape index (κ1) is 53.9. The van der Waals surface area contributed by atoms with Gasteiger partial charge in [-0.1, -0.05) is 80.6 Å². The molecule has 0 unspecified atom stereocenters. The van der Waals surface area contributed by atoms with Crippen molar-refractivity contribution in [1.82, 2.24) is 36.5 Å². The molecular formula is C48H68N12O10. The molecule has 1 aliphatic carbocycles. The van der Waals surface area contributed by atoms with Crippen LogP contribution in [0.15, 0.2) is 65.8 Å². The van der Waals surface area contributed by atoms with Gasteiger partial charge in [0.05, 0.1) is 12.5 Å². The summed E-state index contributed by atoms with van der Waals surface area (Å²) in [5.74, 6) is -7.57. The molecule has 1 aliphatic heterocycles. The molecule has 1 aromatic heterocycles. The highest BCUT2D eigenvalue weighted by atomic mass is 16.4. The number of carboxylic acid groups (broad SMARTS) is 2. The summed E-state index contributed by atoms with van der Waals surface area (Å²) in [4.78, 5) is 117. The molecule has 0 radical (unpaired) electrons. The Bertz CT molecular complexity index is 2320. The number of nitrogens with one attached hydrogen (secondary N) is 6. The number of hydrogen-bond acceptors (Lipinski definition) is 11. The van der Waals surface area contributed by atoms with E-state index in [0.717, 1.165) is 48.6 Å². The fourth-order valence-corrected chi connectivity index (χ4v) is 9.11. The molecule has 2 aliphatic rings. The third-order valence-corrected chi connectivity index (χ3v) is 12.8. The number of guanidine groups is 1. The molecule has 1 saturated heterocycles. The largest absolute Gasteiger partial charge is 0.481 e. The van der Waals surface area contributed by atoms with Gasteiger partial charge in [-0.2, -0.15) is 0 Å². The monoisotopic (exact) mass is 973 g/mol. The number of benzene rings is 2. The van der Waals surface area contributed by atoms with E-state index in [1.54, 1.807) is 12.3 Å². The number of amides is 6. The van der Waals surface area contributed by atoms with Crippen LogP contribution in [-0.4, -0.2) is 135 Å². The average Bonchev–Trinajstić information content (AvgIpc) is 4.00. The maximum atomic E-state index is 14.5. The number of aliphatic carboxylic acids is 2. The number of nitrogens with zero attached hydrogens (tertiary/aromatic N) is 2. The van der Waals surface area contributed by atoms with Crippen molar-refractivity contribution in [2.45, 2.75) is 132 Å². The van der Waals surface area contributed by atoms with Crippen molar-refractivity contribution >= 4 is 64.2 Å². The molecule has 2 fully saturated rings. The normalized spacial score (nSPS) is 17.5. The Morgan fingerprint density at radius 2 is 1.36 bits per heavy atom. The van der Waals surface area contributed by atoms with Gasteiger partial charge in [-0.25, -0.2) is 4.79 Å². The summed E-state index contributed by atoms with van der Waals surface area (Å²) in [5, 5.41) is 33.9. The summed E-state index contributed by atoms with van der Waals surface area (Å²) in [5.41, 5.74) is 25.0. The Balaban J connectivity index is 1.34. The zero-order chi connectivity index (χ0) is 50.7. The number of H-pyrrole nitrogens is 1. The second-order valence-corrected chi connectivity index (χ2v) is 18.1. The number of aromatic nitrogens is 1. The summed E-state index contributed by atoms with van der Waals surface area (Å²) >= 11 is 0. The van der Waals surface area contributed by atoms with E-state index >= 15 is 0 Å². The SMILES string of the molecule is NCC[C@H](NC(=O)[C@@H](N)Cc1ccccc1)C(=O)N1CCC[C@H]1C(=O)N[C@H](CC(=O)O)C(=O)N[C@@H](CC1CCCCC1)C(=O)N[C@@H](Cc1c[nH]c2ccccc12)C(=O)N[C@@H](CCCN=C(N)N)C(=O)O. The van der Waals surface area contributed by atoms with Gasteiger partial charge in [-0.15, -0.1) is 0 Å². The lowest BCUT2D eigenvalue weighted by Crippen LogP contribution is -2.60. The number of aliphatic imine (C=N–C) groups is 1. The highest BCUT2D eigenvalue weighted by molar-refractivity contribution is 5.98. The molecule has 16 N–H and O–H groups in total. The Morgan fingerprint density at radius 3 is 2.04 bits per heavy atom. The Hall–Kier alpha value is -7.07. The first-order valence-electron chi connectivity index (χ1n) is 23.9. The van der Waals surface area contributed by atoms with Crippen molar-refractivity contribution in [3.63, 3.8) is 0 Å². The van der Waals surface area contributed by atoms with Gasteiger partial charge in [0.15, 0.2) is 5.96 Å². The molecule has 5 rings (SSSR count). The minimum atomic E-state index is -1.71. The maximum Gasteiger partial charge on any atom is 0.326 e. The minimum absolute atomic E-state index is 0.0187. The van der Waals surface area contributed by atoms with Crippen LogP contribution in [0, 0.1) is 5.92 Å². The third kappa shape index (κ3) is 16.0. The number of aromatic amines is 1. The molecule has 3 aromatic rings. The fraction of sp³-hybridized carbons (Fsp3) is 0.521. The molecule has 1 saturated carbocycles. The standard InChI is InChI=1S/C48H68N12O10/c49-20-19-34(55-41(63)32(50)23-28-11-3-1-4-12-28)46(68)60-22-10-18-39(60)45(67)59-38(26-40(61)62)44(66)57-36(24-29-13-5-2-6-14-29)42(64)58-37(25-30-27-54-33-16-8-7-15-31(30)33)43(65)56-35(47(69)70)17-9-21-53-48(51)52/h1,3-4,7-8,11-12,15-16,27,29,32,34-39,54H,2,5-6,9-10,13-14,17-26,49-50H2,(H,55,63)(H,56,65)(H,57,66)(H,58,64)(H,59,67)(H,61,62)(H,69,70)(H4,51,52,53)/t32-,34-,35-,36-,37-,38+,39-/m0/s1. The molecule has 22 nitrogen and oxygen atoms in total. The van der Waals surface area contributed by atoms with Crippen LogP contribution in [-0.2, 0) is 51.2 Å². The number of carbonyl (C=O) groups is 8. The number of carboxylic acids is 2. The molecular weight excluding hydrogens is 905 g/mol. The summed E-state index contributed by atoms with van der Waals surface area (Å²) in [6, 6.07) is 7.36. The van der Waals surface area contributed by atoms with Crippen molar-refractivity contribution in [3.8, 4) is 0 Å². The van der Waals surface area contributed by atoms with Crippen molar-refractivity contribution < 1.29 is 48.6 Å². The van der Waals surface area contributed by atoms with Crippen molar-refractivity contribution in [2.24, 2.45) is 33.8 Å². The van der Waals surface area contributed by atoms with E-state index in [4.69, 9.17) is 22.9 Å². The van der Waals surface area contributed by atoms with Gasteiger partial charge in [-0.05, 0) is 74.6 Å². The molecule has 6 amide bonds. The first-order valence-corrected chi connectivity index (χ1v) is 23.9. The molecule has 0 spiro atoms. The van der Waals surface area contributed by atoms with Gasteiger partial charge in [0.25, 0.3) is 0 Å². The van der Waals surface area contributed by atoms with Gasteiger partial charge in [0, 0.05) is 36.6 Å². The topological polar surface area (TPSA) is 373 Å². The number of carbonyl (C=O) groups excluding carboxylic acids is 6. The molecule has 2 aromatic carbocycles. The van der Waals surface area contributed by atoms with E-state index in [0.29, 0.717) is 12.0 Å². The predicted molar refractivity (Wildman–Crippen MR) is 259 cm³/mol. The van der Waals surface area contributed by atoms with E-state index in [-0.39, 0.29) is 76.5 Å². The zero-order valence-corrected chi connectivity index (χ0v) is 39.3. The summed E-state index contributed by atoms with van der Waals surface area (Å²) in [7, 11) is 0. The molecule has 22 heteroatoms. The fourth-order valence-electron chi connectivity index (χ4n) is 9.11. The summed E-state index contributed by atoms with van der Waals surface area (Å²) in [6.07, 6.45) is 6.02. The average molecular weight is 973 g/mol. The van der Waals surface area contributed by atoms with E-state index in [1.165, 1.54) is 4.90 Å². The molecule has 2 heterocycles. The van der Waals surface area contributed by atoms with Crippen LogP contribution in [0.4, 0.5) is 0 Å². The number of para-hydroxylation sites is 1. The second-order valence-electron chi connectivity index (χ2n) is 18.1. The van der Waals surface area contributed by atoms with Crippen molar-refractivity contribution in [1.29, 1.82) is 0 Å². The van der Waals surface area contributed by atoms with Crippen LogP contribution in [0.25, 0.3) is 10.9 Å². The first-order chi connectivity index (χ1) is 33.5. The van der Waals surface area contributed by atoms with Crippen molar-refractivity contribution in [3.05, 3.63) is 71.9 Å². The van der Waals surface area contributed by atoms with E-state index in [9.17, 15) is 48.6 Å². The molecule has 0 bridgehead atoms. The number of rotatable bonds is 26. The van der Waals surface area contributed by atoms with Gasteiger partial charge in [-0.3, -0.25) is 38.6 Å². The Kier molecular flexibility index (Phi) is 20.5. The lowest BCUT2D eigenvalue weighted by atomic mass is 9.84. The van der Waals surface area contributed by atoms with Gasteiger partial charge >= 0.3 is 11.9 Å². The number of hydrogen-bond donors (Lipinski definition) is 12. The minimum Gasteiger partial charge on any atom is -0.481 e. The van der Waals surface area contributed by atoms with E-state index < -0.39 is 96.1 Å². The van der Waals surface area contributed by atoms with Gasteiger partial charge < -0.3 is 69.6 Å². The number of fused-ring (bicyclic) bond motifs is 1. The predicted octanol–water partition coefficient (Wildman–Crippen LogP) is -0.372. The summed E-state index contributed by atoms with van der Waals surface area (Å²) < 4.78 is 0. The van der Waals surface area contributed by atoms with Crippen LogP contribution in [0.1, 0.15) is 88.2 Å². The number of likely N-dealkylation sites (tertiary alicyclic amines) is 1. The zero-order valence-electron chi connectivity index (χ0n) is 39.3. The van der Waals surface area contributed by atoms with Crippen LogP contribution in [0.2, 0.25) is 0 Å². The second kappa shape index (κ2) is 26.6. The van der Waals surface area contributed by atoms with Crippen LogP contribution in [0.3, 0.4) is 0 Å². The highest BCUT2D eigenvalue weighted by Gasteiger charge is 2.40. The quantitative estimate of drug-likeness (QED) is 0.0278. The smallest absolute Gasteiger partial charge is 0.326 e. The highest BCUT2D eigenvalue weighted by Crippen LogP contribution is 2.28. The number of nitrogens with two attached hydrogens (primary N) is 4. The van der Waals surface area contributed by atoms with E-state index in [2.05, 4.69) is 36.6 Å². The maximum absolute atomic E-state index is 14.5. The third-order valence-electron chi connectivity index (χ3n) is 12.8. The Morgan fingerprint density at radius 1 is 0.714 bits per heavy atom. The molecule has 70 heavy (non-hydrogen) atoms. The van der Waals surface area contributed by atoms with Crippen molar-refractivity contribution in [2.75, 3.05) is 19.6 Å². The lowest BCUT2D eigenvalue weighted by Gasteiger charge is -2.31. The van der Waals surface area contributed by atoms with Crippen LogP contribution < -0.4 is 49.5 Å². The van der Waals surface area contributed by atoms with Crippen LogP contribution >= 0.6 is 0 Å². The summed E-state index contributed by atoms with van der Waals surface area (Å²) in [6.45, 7) is 0.257. The molecule has 380 valence electrons. The van der Waals surface area contributed by atoms with Gasteiger partial charge in [0.1, 0.15) is 36.3 Å². The van der Waals surface area contributed by atoms with Gasteiger partial charge in [0.2, 0.25) is 35.4 Å². The lowest BCUT2D eigenvalue weighted by molar-refractivity contribution is -0.144. The molecule has 7 atom stereocenters. The van der Waals surface area contributed by atoms with E-state index in [1.807, 2.05) is 48.5 Å². The van der Waals surface area contributed by atoms with Crippen LogP contribution in [0.5, 0.6) is 0 Å². The Labute approximate surface area is 405 Å².